The molecule has 0 spiro atoms. The second-order valence-corrected chi connectivity index (χ2v) is 5.56. The van der Waals surface area contributed by atoms with Crippen LogP contribution in [-0.4, -0.2) is 44.7 Å². The molecule has 0 amide bonds. The summed E-state index contributed by atoms with van der Waals surface area (Å²) in [5.41, 5.74) is 0. The van der Waals surface area contributed by atoms with Crippen molar-refractivity contribution in [1.29, 1.82) is 0 Å². The Morgan fingerprint density at radius 1 is 1.43 bits per heavy atom. The molecule has 1 heterocycles. The van der Waals surface area contributed by atoms with Gasteiger partial charge in [-0.25, -0.2) is 8.42 Å². The van der Waals surface area contributed by atoms with E-state index in [1.165, 1.54) is 0 Å². The summed E-state index contributed by atoms with van der Waals surface area (Å²) in [5, 5.41) is 3.05. The lowest BCUT2D eigenvalue weighted by Gasteiger charge is -2.37. The maximum atomic E-state index is 11.5. The van der Waals surface area contributed by atoms with Crippen molar-refractivity contribution in [2.24, 2.45) is 0 Å². The van der Waals surface area contributed by atoms with Crippen LogP contribution < -0.4 is 5.32 Å². The first-order valence-electron chi connectivity index (χ1n) is 4.75. The van der Waals surface area contributed by atoms with Gasteiger partial charge in [-0.15, -0.1) is 12.4 Å². The molecule has 1 saturated heterocycles. The molecule has 0 bridgehead atoms. The highest BCUT2D eigenvalue weighted by Gasteiger charge is 2.33. The molecule has 1 fully saturated rings. The average Bonchev–Trinajstić information content (AvgIpc) is 1.98. The summed E-state index contributed by atoms with van der Waals surface area (Å²) in [5.74, 6) is 0.305. The number of likely N-dealkylation sites (N-methyl/N-ethyl adjacent to an activating group) is 1. The molecular weight excluding hydrogens is 224 g/mol. The Hall–Kier alpha value is 0.160. The van der Waals surface area contributed by atoms with Crippen LogP contribution in [0.15, 0.2) is 0 Å². The number of sulfonamides is 1. The van der Waals surface area contributed by atoms with Gasteiger partial charge < -0.3 is 5.32 Å². The molecule has 0 radical (unpaired) electrons. The van der Waals surface area contributed by atoms with Gasteiger partial charge in [-0.3, -0.25) is 0 Å². The molecule has 0 aliphatic carbocycles. The van der Waals surface area contributed by atoms with E-state index in [0.717, 1.165) is 12.8 Å². The molecule has 1 aliphatic heterocycles. The fraction of sp³-hybridized carbons (Fsp3) is 1.00. The van der Waals surface area contributed by atoms with E-state index < -0.39 is 10.0 Å². The Bertz CT molecular complexity index is 250. The molecule has 1 rings (SSSR count). The predicted molar refractivity (Wildman–Crippen MR) is 60.4 cm³/mol. The third-order valence-corrected chi connectivity index (χ3v) is 4.30. The molecular formula is C8H19ClN2O2S. The van der Waals surface area contributed by atoms with Gasteiger partial charge in [-0.1, -0.05) is 13.3 Å². The molecule has 0 unspecified atom stereocenters. The van der Waals surface area contributed by atoms with Crippen LogP contribution in [0.25, 0.3) is 0 Å². The number of rotatable bonds is 5. The molecule has 0 saturated carbocycles. The minimum absolute atomic E-state index is 0. The van der Waals surface area contributed by atoms with E-state index in [-0.39, 0.29) is 12.4 Å². The van der Waals surface area contributed by atoms with Crippen LogP contribution in [0, 0.1) is 0 Å². The highest BCUT2D eigenvalue weighted by molar-refractivity contribution is 7.89. The Labute approximate surface area is 92.5 Å². The van der Waals surface area contributed by atoms with E-state index in [4.69, 9.17) is 0 Å². The van der Waals surface area contributed by atoms with Crippen molar-refractivity contribution in [3.05, 3.63) is 0 Å². The third kappa shape index (κ3) is 3.38. The molecule has 6 heteroatoms. The first kappa shape index (κ1) is 14.2. The maximum Gasteiger partial charge on any atom is 0.214 e. The van der Waals surface area contributed by atoms with Gasteiger partial charge in [0, 0.05) is 19.1 Å². The third-order valence-electron chi connectivity index (χ3n) is 2.41. The summed E-state index contributed by atoms with van der Waals surface area (Å²) in [6, 6.07) is 0.358. The molecule has 1 aliphatic rings. The number of nitrogens with zero attached hydrogens (tertiary/aromatic N) is 1. The van der Waals surface area contributed by atoms with E-state index in [1.54, 1.807) is 4.31 Å². The van der Waals surface area contributed by atoms with Crippen molar-refractivity contribution < 1.29 is 8.42 Å². The van der Waals surface area contributed by atoms with E-state index >= 15 is 0 Å². The number of halogens is 1. The van der Waals surface area contributed by atoms with Gasteiger partial charge in [0.15, 0.2) is 0 Å². The van der Waals surface area contributed by atoms with Gasteiger partial charge in [0.25, 0.3) is 0 Å². The number of hydrogen-bond donors (Lipinski definition) is 1. The lowest BCUT2D eigenvalue weighted by Crippen LogP contribution is -2.59. The zero-order chi connectivity index (χ0) is 9.90. The van der Waals surface area contributed by atoms with E-state index in [0.29, 0.717) is 24.9 Å². The van der Waals surface area contributed by atoms with Gasteiger partial charge in [0.1, 0.15) is 0 Å². The lowest BCUT2D eigenvalue weighted by molar-refractivity contribution is 0.236. The minimum atomic E-state index is -2.94. The van der Waals surface area contributed by atoms with Crippen LogP contribution in [0.3, 0.4) is 0 Å². The van der Waals surface area contributed by atoms with Crippen molar-refractivity contribution in [3.63, 3.8) is 0 Å². The SMILES string of the molecule is CCCCS(=O)(=O)N1CC(NC)C1.Cl. The molecule has 1 N–H and O–H groups in total. The topological polar surface area (TPSA) is 49.4 Å². The monoisotopic (exact) mass is 242 g/mol. The van der Waals surface area contributed by atoms with Crippen LogP contribution in [0.5, 0.6) is 0 Å². The average molecular weight is 243 g/mol. The fourth-order valence-electron chi connectivity index (χ4n) is 1.30. The second-order valence-electron chi connectivity index (χ2n) is 3.47. The molecule has 0 aromatic heterocycles. The minimum Gasteiger partial charge on any atom is -0.314 e. The van der Waals surface area contributed by atoms with Crippen LogP contribution in [-0.2, 0) is 10.0 Å². The van der Waals surface area contributed by atoms with Gasteiger partial charge in [0.2, 0.25) is 10.0 Å². The van der Waals surface area contributed by atoms with Crippen LogP contribution in [0.4, 0.5) is 0 Å². The summed E-state index contributed by atoms with van der Waals surface area (Å²) in [6.45, 7) is 3.28. The van der Waals surface area contributed by atoms with Crippen molar-refractivity contribution >= 4 is 22.4 Å². The number of nitrogens with one attached hydrogen (secondary N) is 1. The first-order chi connectivity index (χ1) is 6.10. The molecule has 86 valence electrons. The Morgan fingerprint density at radius 3 is 2.43 bits per heavy atom. The van der Waals surface area contributed by atoms with Crippen LogP contribution in [0.2, 0.25) is 0 Å². The van der Waals surface area contributed by atoms with Crippen molar-refractivity contribution in [3.8, 4) is 0 Å². The first-order valence-corrected chi connectivity index (χ1v) is 6.36. The summed E-state index contributed by atoms with van der Waals surface area (Å²) in [4.78, 5) is 0. The summed E-state index contributed by atoms with van der Waals surface area (Å²) >= 11 is 0. The Kier molecular flexibility index (Phi) is 5.97. The summed E-state index contributed by atoms with van der Waals surface area (Å²) in [6.07, 6.45) is 1.70. The highest BCUT2D eigenvalue weighted by atomic mass is 35.5. The van der Waals surface area contributed by atoms with E-state index in [2.05, 4.69) is 5.32 Å². The van der Waals surface area contributed by atoms with Crippen LogP contribution >= 0.6 is 12.4 Å². The summed E-state index contributed by atoms with van der Waals surface area (Å²) in [7, 11) is -1.07. The van der Waals surface area contributed by atoms with Gasteiger partial charge >= 0.3 is 0 Å². The highest BCUT2D eigenvalue weighted by Crippen LogP contribution is 2.14. The number of unbranched alkanes of at least 4 members (excludes halogenated alkanes) is 1. The van der Waals surface area contributed by atoms with Gasteiger partial charge in [-0.2, -0.15) is 4.31 Å². The largest absolute Gasteiger partial charge is 0.314 e. The number of hydrogen-bond acceptors (Lipinski definition) is 3. The van der Waals surface area contributed by atoms with Gasteiger partial charge in [0.05, 0.1) is 5.75 Å². The standard InChI is InChI=1S/C8H18N2O2S.ClH/c1-3-4-5-13(11,12)10-6-8(7-10)9-2;/h8-9H,3-7H2,1-2H3;1H. The van der Waals surface area contributed by atoms with Crippen molar-refractivity contribution in [2.75, 3.05) is 25.9 Å². The maximum absolute atomic E-state index is 11.5. The van der Waals surface area contributed by atoms with Crippen molar-refractivity contribution in [2.45, 2.75) is 25.8 Å². The molecule has 4 nitrogen and oxygen atoms in total. The molecule has 14 heavy (non-hydrogen) atoms. The molecule has 0 aromatic carbocycles. The quantitative estimate of drug-likeness (QED) is 0.761. The fourth-order valence-corrected chi connectivity index (χ4v) is 3.03. The lowest BCUT2D eigenvalue weighted by atomic mass is 10.2. The smallest absolute Gasteiger partial charge is 0.214 e. The van der Waals surface area contributed by atoms with E-state index in [9.17, 15) is 8.42 Å². The summed E-state index contributed by atoms with van der Waals surface area (Å²) < 4.78 is 24.6. The Morgan fingerprint density at radius 2 is 2.00 bits per heavy atom. The predicted octanol–water partition coefficient (Wildman–Crippen LogP) is 0.442. The molecule has 0 aromatic rings. The normalized spacial score (nSPS) is 18.7. The molecule has 0 atom stereocenters. The van der Waals surface area contributed by atoms with E-state index in [1.807, 2.05) is 14.0 Å². The van der Waals surface area contributed by atoms with Crippen LogP contribution in [0.1, 0.15) is 19.8 Å². The van der Waals surface area contributed by atoms with Crippen molar-refractivity contribution in [1.82, 2.24) is 9.62 Å². The zero-order valence-electron chi connectivity index (χ0n) is 8.69. The zero-order valence-corrected chi connectivity index (χ0v) is 10.3. The second kappa shape index (κ2) is 5.90. The Balaban J connectivity index is 0.00000169. The van der Waals surface area contributed by atoms with Gasteiger partial charge in [-0.05, 0) is 13.5 Å².